The number of sulfone groups is 1. The lowest BCUT2D eigenvalue weighted by molar-refractivity contribution is 0.102. The van der Waals surface area contributed by atoms with Crippen LogP contribution >= 0.6 is 0 Å². The van der Waals surface area contributed by atoms with Gasteiger partial charge in [0.05, 0.1) is 27.2 Å². The van der Waals surface area contributed by atoms with Crippen LogP contribution in [0.2, 0.25) is 0 Å². The summed E-state index contributed by atoms with van der Waals surface area (Å²) in [4.78, 5) is 33.6. The predicted octanol–water partition coefficient (Wildman–Crippen LogP) is 2.57. The van der Waals surface area contributed by atoms with Crippen LogP contribution in [0.5, 0.6) is 0 Å². The Morgan fingerprint density at radius 1 is 0.966 bits per heavy atom. The summed E-state index contributed by atoms with van der Waals surface area (Å²) in [5.41, 5.74) is 3.20. The lowest BCUT2D eigenvalue weighted by Gasteiger charge is -2.07. The summed E-state index contributed by atoms with van der Waals surface area (Å²) < 4.78 is 23.1. The molecule has 0 atom stereocenters. The number of H-pyrrole nitrogens is 2. The van der Waals surface area contributed by atoms with Crippen molar-refractivity contribution < 1.29 is 13.2 Å². The number of nitrogens with one attached hydrogen (secondary N) is 3. The number of pyridine rings is 1. The van der Waals surface area contributed by atoms with E-state index in [9.17, 15) is 18.0 Å². The summed E-state index contributed by atoms with van der Waals surface area (Å²) >= 11 is 0. The van der Waals surface area contributed by atoms with E-state index in [1.54, 1.807) is 42.5 Å². The Bertz CT molecular complexity index is 1370. The van der Waals surface area contributed by atoms with Crippen LogP contribution < -0.4 is 11.0 Å². The predicted molar refractivity (Wildman–Crippen MR) is 110 cm³/mol. The molecule has 2 heterocycles. The minimum atomic E-state index is -3.26. The molecule has 0 aliphatic heterocycles. The molecule has 3 N–H and O–H groups in total. The third-order valence-corrected chi connectivity index (χ3v) is 5.51. The second-order valence-corrected chi connectivity index (χ2v) is 8.54. The first-order chi connectivity index (χ1) is 13.8. The van der Waals surface area contributed by atoms with Crippen LogP contribution in [0.1, 0.15) is 10.4 Å². The van der Waals surface area contributed by atoms with Crippen molar-refractivity contribution in [3.63, 3.8) is 0 Å². The van der Waals surface area contributed by atoms with Gasteiger partial charge in [-0.1, -0.05) is 12.1 Å². The first-order valence-corrected chi connectivity index (χ1v) is 10.5. The molecule has 0 aliphatic rings. The molecule has 4 aromatic rings. The number of hydrogen-bond acceptors (Lipinski definition) is 5. The first kappa shape index (κ1) is 18.6. The van der Waals surface area contributed by atoms with Crippen LogP contribution in [0.3, 0.4) is 0 Å². The van der Waals surface area contributed by atoms with E-state index in [0.29, 0.717) is 28.0 Å². The molecule has 2 aromatic carbocycles. The molecule has 0 aliphatic carbocycles. The van der Waals surface area contributed by atoms with Crippen molar-refractivity contribution in [2.45, 2.75) is 4.90 Å². The van der Waals surface area contributed by atoms with E-state index >= 15 is 0 Å². The maximum Gasteiger partial charge on any atom is 0.323 e. The minimum absolute atomic E-state index is 0.234. The lowest BCUT2D eigenvalue weighted by Crippen LogP contribution is -2.12. The van der Waals surface area contributed by atoms with Crippen molar-refractivity contribution in [3.05, 3.63) is 76.8 Å². The second kappa shape index (κ2) is 7.02. The molecular formula is C20H16N4O4S. The number of benzene rings is 2. The van der Waals surface area contributed by atoms with Crippen LogP contribution in [-0.4, -0.2) is 35.5 Å². The summed E-state index contributed by atoms with van der Waals surface area (Å²) in [7, 11) is -3.26. The average Bonchev–Trinajstić information content (AvgIpc) is 3.07. The number of anilines is 1. The van der Waals surface area contributed by atoms with Gasteiger partial charge in [0.2, 0.25) is 0 Å². The lowest BCUT2D eigenvalue weighted by atomic mass is 10.1. The third kappa shape index (κ3) is 3.94. The Labute approximate surface area is 165 Å². The number of nitrogens with zero attached hydrogens (tertiary/aromatic N) is 1. The van der Waals surface area contributed by atoms with Gasteiger partial charge in [0, 0.05) is 23.7 Å². The topological polar surface area (TPSA) is 125 Å². The largest absolute Gasteiger partial charge is 0.323 e. The van der Waals surface area contributed by atoms with E-state index in [0.717, 1.165) is 11.8 Å². The number of fused-ring (bicyclic) bond motifs is 1. The quantitative estimate of drug-likeness (QED) is 0.479. The van der Waals surface area contributed by atoms with Crippen LogP contribution in [0.25, 0.3) is 22.3 Å². The zero-order valence-corrected chi connectivity index (χ0v) is 16.1. The smallest absolute Gasteiger partial charge is 0.322 e. The zero-order valence-electron chi connectivity index (χ0n) is 15.3. The molecule has 0 unspecified atom stereocenters. The molecule has 0 fully saturated rings. The summed E-state index contributed by atoms with van der Waals surface area (Å²) in [5.74, 6) is -0.339. The van der Waals surface area contributed by atoms with Gasteiger partial charge < -0.3 is 15.3 Å². The highest BCUT2D eigenvalue weighted by Gasteiger charge is 2.10. The van der Waals surface area contributed by atoms with Crippen molar-refractivity contribution in [2.24, 2.45) is 0 Å². The number of rotatable bonds is 4. The number of aromatic nitrogens is 3. The van der Waals surface area contributed by atoms with E-state index in [4.69, 9.17) is 0 Å². The SMILES string of the molecule is CS(=O)(=O)c1ccc(-c2ccc(C(=O)Nc3ccc4[nH]c(=O)[nH]c4c3)cn2)cc1. The Hall–Kier alpha value is -3.72. The molecule has 0 radical (unpaired) electrons. The van der Waals surface area contributed by atoms with E-state index < -0.39 is 9.84 Å². The number of carbonyl (C=O) groups is 1. The first-order valence-electron chi connectivity index (χ1n) is 8.59. The molecule has 0 saturated heterocycles. The van der Waals surface area contributed by atoms with Crippen molar-refractivity contribution in [3.8, 4) is 11.3 Å². The van der Waals surface area contributed by atoms with E-state index in [1.165, 1.54) is 18.3 Å². The molecule has 4 rings (SSSR count). The molecule has 0 spiro atoms. The van der Waals surface area contributed by atoms with Gasteiger partial charge >= 0.3 is 5.69 Å². The number of carbonyl (C=O) groups excluding carboxylic acids is 1. The van der Waals surface area contributed by atoms with Gasteiger partial charge in [0.25, 0.3) is 5.91 Å². The normalized spacial score (nSPS) is 11.5. The summed E-state index contributed by atoms with van der Waals surface area (Å²) in [6.45, 7) is 0. The van der Waals surface area contributed by atoms with Gasteiger partial charge in [-0.2, -0.15) is 0 Å². The fraction of sp³-hybridized carbons (Fsp3) is 0.0500. The summed E-state index contributed by atoms with van der Waals surface area (Å²) in [6.07, 6.45) is 2.60. The van der Waals surface area contributed by atoms with Gasteiger partial charge in [-0.3, -0.25) is 9.78 Å². The maximum absolute atomic E-state index is 12.5. The van der Waals surface area contributed by atoms with Gasteiger partial charge in [-0.25, -0.2) is 13.2 Å². The number of aromatic amines is 2. The number of amides is 1. The summed E-state index contributed by atoms with van der Waals surface area (Å²) in [5, 5.41) is 2.76. The second-order valence-electron chi connectivity index (χ2n) is 6.52. The van der Waals surface area contributed by atoms with Crippen LogP contribution in [0, 0.1) is 0 Å². The number of hydrogen-bond donors (Lipinski definition) is 3. The van der Waals surface area contributed by atoms with E-state index in [-0.39, 0.29) is 16.5 Å². The minimum Gasteiger partial charge on any atom is -0.322 e. The highest BCUT2D eigenvalue weighted by atomic mass is 32.2. The molecule has 2 aromatic heterocycles. The molecule has 8 nitrogen and oxygen atoms in total. The van der Waals surface area contributed by atoms with Crippen LogP contribution in [0.4, 0.5) is 5.69 Å². The molecule has 1 amide bonds. The maximum atomic E-state index is 12.5. The Balaban J connectivity index is 1.52. The Morgan fingerprint density at radius 2 is 1.69 bits per heavy atom. The number of imidazole rings is 1. The molecular weight excluding hydrogens is 392 g/mol. The third-order valence-electron chi connectivity index (χ3n) is 4.38. The Morgan fingerprint density at radius 3 is 2.34 bits per heavy atom. The summed E-state index contributed by atoms with van der Waals surface area (Å²) in [6, 6.07) is 14.8. The average molecular weight is 408 g/mol. The van der Waals surface area contributed by atoms with Crippen LogP contribution in [0.15, 0.2) is 70.5 Å². The van der Waals surface area contributed by atoms with Crippen LogP contribution in [-0.2, 0) is 9.84 Å². The fourth-order valence-corrected chi connectivity index (χ4v) is 3.52. The Kier molecular flexibility index (Phi) is 4.51. The van der Waals surface area contributed by atoms with E-state index in [2.05, 4.69) is 20.3 Å². The molecule has 146 valence electrons. The highest BCUT2D eigenvalue weighted by Crippen LogP contribution is 2.20. The fourth-order valence-electron chi connectivity index (χ4n) is 2.89. The molecule has 0 saturated carbocycles. The van der Waals surface area contributed by atoms with Gasteiger partial charge in [0.1, 0.15) is 0 Å². The van der Waals surface area contributed by atoms with Crippen molar-refractivity contribution in [2.75, 3.05) is 11.6 Å². The van der Waals surface area contributed by atoms with E-state index in [1.807, 2.05) is 0 Å². The monoisotopic (exact) mass is 408 g/mol. The zero-order chi connectivity index (χ0) is 20.6. The van der Waals surface area contributed by atoms with Gasteiger partial charge in [-0.15, -0.1) is 0 Å². The van der Waals surface area contributed by atoms with Crippen molar-refractivity contribution in [1.29, 1.82) is 0 Å². The molecule has 9 heteroatoms. The molecule has 29 heavy (non-hydrogen) atoms. The van der Waals surface area contributed by atoms with Crippen molar-refractivity contribution >= 4 is 32.5 Å². The standard InChI is InChI=1S/C20H16N4O4S/c1-29(27,28)15-6-2-12(3-7-15)16-8-4-13(11-21-16)19(25)22-14-5-9-17-18(10-14)24-20(26)23-17/h2-11H,1H3,(H,22,25)(H2,23,24,26). The highest BCUT2D eigenvalue weighted by molar-refractivity contribution is 7.90. The molecule has 0 bridgehead atoms. The van der Waals surface area contributed by atoms with Crippen molar-refractivity contribution in [1.82, 2.24) is 15.0 Å². The van der Waals surface area contributed by atoms with Gasteiger partial charge in [0.15, 0.2) is 9.84 Å². The van der Waals surface area contributed by atoms with Gasteiger partial charge in [-0.05, 0) is 42.5 Å².